The number of nitrogens with one attached hydrogen (secondary N) is 6. The SMILES string of the molecule is CCCCCCCCCC(O)CC(=O)NC(CC(C)C)C(=O)NC1C(=O)NC(CO)C(=O)NC(C(C)O)C(=O)NC(CC(C)C)C(=O)NC(CC(C)C)C(=O)OC1C. The third kappa shape index (κ3) is 19.7. The molecule has 1 aliphatic heterocycles. The van der Waals surface area contributed by atoms with Crippen LogP contribution in [0, 0.1) is 17.8 Å². The monoisotopic (exact) mass is 827 g/mol. The number of aliphatic hydroxyl groups excluding tert-OH is 3. The van der Waals surface area contributed by atoms with Crippen molar-refractivity contribution in [3.63, 3.8) is 0 Å². The van der Waals surface area contributed by atoms with Crippen molar-refractivity contribution >= 4 is 41.4 Å². The Balaban J connectivity index is 3.47. The van der Waals surface area contributed by atoms with Gasteiger partial charge in [-0.05, 0) is 57.3 Å². The molecule has 1 fully saturated rings. The summed E-state index contributed by atoms with van der Waals surface area (Å²) in [5, 5.41) is 46.3. The van der Waals surface area contributed by atoms with Crippen LogP contribution >= 0.6 is 0 Å². The predicted octanol–water partition coefficient (Wildman–Crippen LogP) is 1.24. The maximum Gasteiger partial charge on any atom is 0.328 e. The molecule has 9 atom stereocenters. The van der Waals surface area contributed by atoms with E-state index in [0.29, 0.717) is 6.42 Å². The number of carbonyl (C=O) groups excluding carboxylic acids is 7. The summed E-state index contributed by atoms with van der Waals surface area (Å²) in [5.41, 5.74) is 0. The van der Waals surface area contributed by atoms with Crippen LogP contribution in [0.5, 0.6) is 0 Å². The molecule has 9 unspecified atom stereocenters. The van der Waals surface area contributed by atoms with E-state index >= 15 is 0 Å². The fraction of sp³-hybridized carbons (Fsp3) is 0.829. The molecule has 1 saturated heterocycles. The second-order valence-electron chi connectivity index (χ2n) is 17.0. The molecule has 1 heterocycles. The van der Waals surface area contributed by atoms with Gasteiger partial charge in [-0.25, -0.2) is 4.79 Å². The molecule has 6 amide bonds. The second-order valence-corrected chi connectivity index (χ2v) is 17.0. The third-order valence-corrected chi connectivity index (χ3v) is 9.80. The lowest BCUT2D eigenvalue weighted by Gasteiger charge is -2.31. The summed E-state index contributed by atoms with van der Waals surface area (Å²) in [7, 11) is 0. The molecule has 17 nitrogen and oxygen atoms in total. The number of ether oxygens (including phenoxy) is 1. The van der Waals surface area contributed by atoms with Gasteiger partial charge in [0.2, 0.25) is 35.4 Å². The first kappa shape index (κ1) is 52.2. The summed E-state index contributed by atoms with van der Waals surface area (Å²) >= 11 is 0. The van der Waals surface area contributed by atoms with Crippen LogP contribution in [-0.2, 0) is 38.3 Å². The van der Waals surface area contributed by atoms with Gasteiger partial charge in [0.15, 0.2) is 0 Å². The molecule has 9 N–H and O–H groups in total. The largest absolute Gasteiger partial charge is 0.458 e. The van der Waals surface area contributed by atoms with Gasteiger partial charge >= 0.3 is 5.97 Å². The van der Waals surface area contributed by atoms with Gasteiger partial charge < -0.3 is 52.0 Å². The van der Waals surface area contributed by atoms with E-state index in [2.05, 4.69) is 38.8 Å². The maximum absolute atomic E-state index is 13.9. The van der Waals surface area contributed by atoms with Gasteiger partial charge in [0.25, 0.3) is 0 Å². The van der Waals surface area contributed by atoms with Crippen molar-refractivity contribution in [1.82, 2.24) is 31.9 Å². The number of amides is 6. The van der Waals surface area contributed by atoms with Crippen LogP contribution in [0.2, 0.25) is 0 Å². The van der Waals surface area contributed by atoms with Gasteiger partial charge in [0, 0.05) is 0 Å². The maximum atomic E-state index is 13.9. The average molecular weight is 827 g/mol. The summed E-state index contributed by atoms with van der Waals surface area (Å²) in [6, 6.07) is -8.62. The van der Waals surface area contributed by atoms with Crippen LogP contribution in [0.3, 0.4) is 0 Å². The smallest absolute Gasteiger partial charge is 0.328 e. The number of hydrogen-bond donors (Lipinski definition) is 9. The molecule has 0 spiro atoms. The highest BCUT2D eigenvalue weighted by molar-refractivity contribution is 5.97. The molecule has 0 aliphatic carbocycles. The van der Waals surface area contributed by atoms with Gasteiger partial charge in [-0.3, -0.25) is 28.8 Å². The summed E-state index contributed by atoms with van der Waals surface area (Å²) in [6.07, 6.45) is 4.11. The first-order valence-electron chi connectivity index (χ1n) is 21.2. The number of hydrogen-bond acceptors (Lipinski definition) is 11. The van der Waals surface area contributed by atoms with Crippen LogP contribution in [0.1, 0.15) is 139 Å². The Hall–Kier alpha value is -3.83. The van der Waals surface area contributed by atoms with Gasteiger partial charge in [0.05, 0.1) is 25.2 Å². The van der Waals surface area contributed by atoms with E-state index in [1.54, 1.807) is 0 Å². The number of aliphatic hydroxyl groups is 3. The topological polar surface area (TPSA) is 262 Å². The average Bonchev–Trinajstić information content (AvgIpc) is 3.12. The van der Waals surface area contributed by atoms with Crippen molar-refractivity contribution in [2.24, 2.45) is 17.8 Å². The first-order valence-corrected chi connectivity index (χ1v) is 21.2. The molecular formula is C41H74N6O11. The van der Waals surface area contributed by atoms with Gasteiger partial charge in [-0.2, -0.15) is 0 Å². The van der Waals surface area contributed by atoms with Gasteiger partial charge in [0.1, 0.15) is 42.4 Å². The number of rotatable bonds is 21. The Kier molecular flexibility index (Phi) is 24.3. The number of carbonyl (C=O) groups is 7. The standard InChI is InChI=1S/C41H74N6O11/c1-10-11-12-13-14-15-16-17-28(50)21-33(51)42-29(18-23(2)3)37(53)47-35-27(9)58-41(57)31(20-25(6)7)44-36(52)30(19-24(4)5)43-39(55)34(26(8)49)46-38(54)32(22-48)45-40(35)56/h23-32,34-35,48-50H,10-22H2,1-9H3,(H,42,51)(H,43,55)(H,44,52)(H,45,56)(H,46,54)(H,47,53). The zero-order valence-electron chi connectivity index (χ0n) is 36.2. The first-order chi connectivity index (χ1) is 27.2. The molecule has 1 rings (SSSR count). The zero-order chi connectivity index (χ0) is 44.1. The predicted molar refractivity (Wildman–Crippen MR) is 218 cm³/mol. The molecular weight excluding hydrogens is 752 g/mol. The fourth-order valence-electron chi connectivity index (χ4n) is 6.63. The summed E-state index contributed by atoms with van der Waals surface area (Å²) in [4.78, 5) is 95.0. The normalized spacial score (nSPS) is 24.3. The molecule has 1 aliphatic rings. The lowest BCUT2D eigenvalue weighted by molar-refractivity contribution is -0.156. The third-order valence-electron chi connectivity index (χ3n) is 9.80. The highest BCUT2D eigenvalue weighted by atomic mass is 16.5. The number of unbranched alkanes of at least 4 members (excludes halogenated alkanes) is 6. The van der Waals surface area contributed by atoms with E-state index in [-0.39, 0.29) is 43.4 Å². The highest BCUT2D eigenvalue weighted by Crippen LogP contribution is 2.15. The molecule has 0 aromatic rings. The molecule has 17 heteroatoms. The van der Waals surface area contributed by atoms with Crippen LogP contribution in [0.4, 0.5) is 0 Å². The molecule has 334 valence electrons. The Morgan fingerprint density at radius 3 is 1.79 bits per heavy atom. The van der Waals surface area contributed by atoms with Crippen LogP contribution in [0.15, 0.2) is 0 Å². The fourth-order valence-corrected chi connectivity index (χ4v) is 6.63. The summed E-state index contributed by atoms with van der Waals surface area (Å²) in [6.45, 7) is 14.7. The molecule has 0 aromatic heterocycles. The highest BCUT2D eigenvalue weighted by Gasteiger charge is 2.39. The van der Waals surface area contributed by atoms with E-state index in [1.807, 2.05) is 41.5 Å². The van der Waals surface area contributed by atoms with Gasteiger partial charge in [-0.15, -0.1) is 0 Å². The van der Waals surface area contributed by atoms with Crippen molar-refractivity contribution in [2.45, 2.75) is 194 Å². The van der Waals surface area contributed by atoms with E-state index in [1.165, 1.54) is 26.7 Å². The van der Waals surface area contributed by atoms with E-state index < -0.39 is 103 Å². The Morgan fingerprint density at radius 2 is 1.24 bits per heavy atom. The minimum absolute atomic E-state index is 0.106. The van der Waals surface area contributed by atoms with Crippen LogP contribution in [-0.4, -0.2) is 118 Å². The van der Waals surface area contributed by atoms with Gasteiger partial charge in [-0.1, -0.05) is 93.4 Å². The summed E-state index contributed by atoms with van der Waals surface area (Å²) < 4.78 is 5.71. The van der Waals surface area contributed by atoms with E-state index in [4.69, 9.17) is 4.74 Å². The minimum Gasteiger partial charge on any atom is -0.458 e. The molecule has 0 radical (unpaired) electrons. The van der Waals surface area contributed by atoms with Crippen molar-refractivity contribution in [2.75, 3.05) is 6.61 Å². The molecule has 0 aromatic carbocycles. The van der Waals surface area contributed by atoms with Crippen molar-refractivity contribution in [3.05, 3.63) is 0 Å². The second kappa shape index (κ2) is 27.0. The molecule has 0 saturated carbocycles. The zero-order valence-corrected chi connectivity index (χ0v) is 36.2. The number of cyclic esters (lactones) is 1. The van der Waals surface area contributed by atoms with E-state index in [0.717, 1.165) is 32.1 Å². The van der Waals surface area contributed by atoms with Crippen LogP contribution < -0.4 is 31.9 Å². The number of esters is 1. The van der Waals surface area contributed by atoms with Crippen molar-refractivity contribution in [1.29, 1.82) is 0 Å². The van der Waals surface area contributed by atoms with Crippen molar-refractivity contribution < 1.29 is 53.6 Å². The lowest BCUT2D eigenvalue weighted by atomic mass is 9.99. The van der Waals surface area contributed by atoms with Crippen molar-refractivity contribution in [3.8, 4) is 0 Å². The Labute approximate surface area is 344 Å². The summed E-state index contributed by atoms with van der Waals surface area (Å²) in [5.74, 6) is -6.48. The Morgan fingerprint density at radius 1 is 0.707 bits per heavy atom. The molecule has 0 bridgehead atoms. The Bertz CT molecular complexity index is 1330. The lowest BCUT2D eigenvalue weighted by Crippen LogP contribution is -2.64. The van der Waals surface area contributed by atoms with E-state index in [9.17, 15) is 48.9 Å². The van der Waals surface area contributed by atoms with Crippen LogP contribution in [0.25, 0.3) is 0 Å². The molecule has 58 heavy (non-hydrogen) atoms. The minimum atomic E-state index is -1.70. The quantitative estimate of drug-likeness (QED) is 0.0588.